The fourth-order valence-electron chi connectivity index (χ4n) is 6.74. The monoisotopic (exact) mass is 567 g/mol. The molecule has 1 saturated carbocycles. The van der Waals surface area contributed by atoms with Crippen molar-refractivity contribution in [3.8, 4) is 0 Å². The summed E-state index contributed by atoms with van der Waals surface area (Å²) in [7, 11) is 0. The molecule has 5 atom stereocenters. The molecule has 0 unspecified atom stereocenters. The molecule has 39 heavy (non-hydrogen) atoms. The van der Waals surface area contributed by atoms with Crippen molar-refractivity contribution in [3.63, 3.8) is 0 Å². The quantitative estimate of drug-likeness (QED) is 0.471. The molecule has 9 heteroatoms. The standard InChI is InChI=1S/C30H31Cl2N3O4/c31-19-10-12-21(13-11-19)33-27(36)24-23-14-16-30(39-23)25(24)29(38)35(17-15-18-6-4-5-9-22(18)32)26(30)28(37)34-20-7-2-1-3-8-20/h4-6,9-14,16,20,23-26H,1-3,7-8,15,17H2,(H,33,36)(H,34,37)/t23-,24+,25-,26-,30-/m0/s1. The number of halogens is 2. The van der Waals surface area contributed by atoms with Gasteiger partial charge in [-0.05, 0) is 55.2 Å². The van der Waals surface area contributed by atoms with Gasteiger partial charge in [-0.15, -0.1) is 0 Å². The summed E-state index contributed by atoms with van der Waals surface area (Å²) in [6.45, 7) is 0.289. The third kappa shape index (κ3) is 4.75. The number of hydrogen-bond acceptors (Lipinski definition) is 4. The maximum Gasteiger partial charge on any atom is 0.246 e. The summed E-state index contributed by atoms with van der Waals surface area (Å²) >= 11 is 12.4. The molecule has 2 aromatic rings. The number of benzene rings is 2. The van der Waals surface area contributed by atoms with Crippen LogP contribution in [0.5, 0.6) is 0 Å². The van der Waals surface area contributed by atoms with Crippen molar-refractivity contribution in [2.75, 3.05) is 11.9 Å². The lowest BCUT2D eigenvalue weighted by atomic mass is 9.74. The van der Waals surface area contributed by atoms with E-state index >= 15 is 0 Å². The van der Waals surface area contributed by atoms with Crippen LogP contribution in [0.4, 0.5) is 5.69 Å². The van der Waals surface area contributed by atoms with Crippen molar-refractivity contribution in [2.24, 2.45) is 11.8 Å². The van der Waals surface area contributed by atoms with E-state index in [0.29, 0.717) is 22.2 Å². The van der Waals surface area contributed by atoms with Crippen molar-refractivity contribution < 1.29 is 19.1 Å². The zero-order chi connectivity index (χ0) is 27.1. The molecule has 3 amide bonds. The van der Waals surface area contributed by atoms with E-state index in [-0.39, 0.29) is 30.3 Å². The van der Waals surface area contributed by atoms with Gasteiger partial charge in [0.05, 0.1) is 17.9 Å². The Morgan fingerprint density at radius 1 is 1.00 bits per heavy atom. The number of anilines is 1. The second-order valence-electron chi connectivity index (χ2n) is 10.9. The number of nitrogens with one attached hydrogen (secondary N) is 2. The average molecular weight is 569 g/mol. The molecule has 4 aliphatic rings. The number of rotatable bonds is 7. The molecule has 6 rings (SSSR count). The summed E-state index contributed by atoms with van der Waals surface area (Å²) in [6.07, 6.45) is 8.73. The fraction of sp³-hybridized carbons (Fsp3) is 0.433. The van der Waals surface area contributed by atoms with Crippen LogP contribution in [0.3, 0.4) is 0 Å². The van der Waals surface area contributed by atoms with Crippen molar-refractivity contribution in [1.82, 2.24) is 10.2 Å². The largest absolute Gasteiger partial charge is 0.359 e. The number of nitrogens with zero attached hydrogens (tertiary/aromatic N) is 1. The van der Waals surface area contributed by atoms with Gasteiger partial charge < -0.3 is 20.3 Å². The summed E-state index contributed by atoms with van der Waals surface area (Å²) in [6, 6.07) is 13.5. The van der Waals surface area contributed by atoms with Crippen LogP contribution >= 0.6 is 23.2 Å². The van der Waals surface area contributed by atoms with Gasteiger partial charge in [-0.2, -0.15) is 0 Å². The molecule has 7 nitrogen and oxygen atoms in total. The highest BCUT2D eigenvalue weighted by molar-refractivity contribution is 6.31. The zero-order valence-corrected chi connectivity index (χ0v) is 23.0. The maximum atomic E-state index is 14.1. The molecule has 3 fully saturated rings. The first kappa shape index (κ1) is 26.4. The summed E-state index contributed by atoms with van der Waals surface area (Å²) in [5.41, 5.74) is 0.284. The van der Waals surface area contributed by atoms with E-state index in [9.17, 15) is 14.4 Å². The average Bonchev–Trinajstić information content (AvgIpc) is 3.57. The van der Waals surface area contributed by atoms with Crippen molar-refractivity contribution in [1.29, 1.82) is 0 Å². The fourth-order valence-corrected chi connectivity index (χ4v) is 7.09. The number of fused-ring (bicyclic) bond motifs is 1. The van der Waals surface area contributed by atoms with E-state index in [1.807, 2.05) is 36.4 Å². The number of carbonyl (C=O) groups excluding carboxylic acids is 3. The molecule has 2 saturated heterocycles. The predicted octanol–water partition coefficient (Wildman–Crippen LogP) is 4.77. The van der Waals surface area contributed by atoms with Crippen molar-refractivity contribution >= 4 is 46.6 Å². The van der Waals surface area contributed by atoms with Crippen LogP contribution in [0.15, 0.2) is 60.7 Å². The first-order valence-electron chi connectivity index (χ1n) is 13.7. The lowest BCUT2D eigenvalue weighted by Crippen LogP contribution is -2.56. The van der Waals surface area contributed by atoms with E-state index in [1.54, 1.807) is 29.2 Å². The second kappa shape index (κ2) is 10.6. The van der Waals surface area contributed by atoms with Gasteiger partial charge in [0.25, 0.3) is 0 Å². The van der Waals surface area contributed by atoms with Crippen molar-refractivity contribution in [2.45, 2.75) is 62.3 Å². The third-order valence-corrected chi connectivity index (χ3v) is 9.19. The predicted molar refractivity (Wildman–Crippen MR) is 149 cm³/mol. The highest BCUT2D eigenvalue weighted by Crippen LogP contribution is 2.55. The molecule has 204 valence electrons. The SMILES string of the molecule is O=C(Nc1ccc(Cl)cc1)[C@@H]1[C@@H]2C=C[C@]3(O2)[C@@H]1C(=O)N(CCc1ccccc1Cl)[C@H]3C(=O)NC1CCCCC1. The van der Waals surface area contributed by atoms with E-state index in [1.165, 1.54) is 6.42 Å². The molecule has 2 aromatic carbocycles. The normalized spacial score (nSPS) is 29.5. The van der Waals surface area contributed by atoms with Gasteiger partial charge >= 0.3 is 0 Å². The minimum atomic E-state index is -1.19. The number of carbonyl (C=O) groups is 3. The molecule has 3 aliphatic heterocycles. The summed E-state index contributed by atoms with van der Waals surface area (Å²) in [5, 5.41) is 7.30. The lowest BCUT2D eigenvalue weighted by molar-refractivity contribution is -0.141. The molecule has 0 aromatic heterocycles. The summed E-state index contributed by atoms with van der Waals surface area (Å²) in [4.78, 5) is 43.2. The van der Waals surface area contributed by atoms with Gasteiger partial charge in [-0.25, -0.2) is 0 Å². The van der Waals surface area contributed by atoms with Crippen LogP contribution in [0.25, 0.3) is 0 Å². The Morgan fingerprint density at radius 2 is 1.74 bits per heavy atom. The minimum Gasteiger partial charge on any atom is -0.359 e. The third-order valence-electron chi connectivity index (χ3n) is 8.57. The Labute approximate surface area is 237 Å². The van der Waals surface area contributed by atoms with Crippen molar-refractivity contribution in [3.05, 3.63) is 76.3 Å². The van der Waals surface area contributed by atoms with Gasteiger partial charge in [0.2, 0.25) is 17.7 Å². The Hall–Kier alpha value is -2.87. The Balaban J connectivity index is 1.29. The van der Waals surface area contributed by atoms with Crippen LogP contribution in [0.1, 0.15) is 37.7 Å². The number of ether oxygens (including phenoxy) is 1. The number of amides is 3. The summed E-state index contributed by atoms with van der Waals surface area (Å²) in [5.74, 6) is -2.33. The van der Waals surface area contributed by atoms with E-state index in [0.717, 1.165) is 31.2 Å². The first-order chi connectivity index (χ1) is 18.9. The zero-order valence-electron chi connectivity index (χ0n) is 21.4. The Morgan fingerprint density at radius 3 is 2.49 bits per heavy atom. The van der Waals surface area contributed by atoms with Gasteiger partial charge in [0, 0.05) is 28.3 Å². The van der Waals surface area contributed by atoms with Crippen LogP contribution in [0.2, 0.25) is 10.0 Å². The summed E-state index contributed by atoms with van der Waals surface area (Å²) < 4.78 is 6.43. The van der Waals surface area contributed by atoms with Gasteiger partial charge in [-0.3, -0.25) is 14.4 Å². The number of hydrogen-bond donors (Lipinski definition) is 2. The second-order valence-corrected chi connectivity index (χ2v) is 11.8. The van der Waals surface area contributed by atoms with E-state index < -0.39 is 29.6 Å². The molecule has 0 radical (unpaired) electrons. The highest BCUT2D eigenvalue weighted by Gasteiger charge is 2.72. The molecule has 3 heterocycles. The van der Waals surface area contributed by atoms with Crippen LogP contribution in [0, 0.1) is 11.8 Å². The number of likely N-dealkylation sites (tertiary alicyclic amines) is 1. The molecular formula is C30H31Cl2N3O4. The smallest absolute Gasteiger partial charge is 0.246 e. The molecule has 2 bridgehead atoms. The van der Waals surface area contributed by atoms with Gasteiger partial charge in [0.1, 0.15) is 11.6 Å². The highest BCUT2D eigenvalue weighted by atomic mass is 35.5. The minimum absolute atomic E-state index is 0.0776. The molecule has 1 spiro atoms. The Bertz CT molecular complexity index is 1310. The molecular weight excluding hydrogens is 537 g/mol. The van der Waals surface area contributed by atoms with Crippen LogP contribution in [-0.2, 0) is 25.5 Å². The molecule has 1 aliphatic carbocycles. The van der Waals surface area contributed by atoms with Crippen LogP contribution < -0.4 is 10.6 Å². The Kier molecular flexibility index (Phi) is 7.16. The maximum absolute atomic E-state index is 14.1. The topological polar surface area (TPSA) is 87.7 Å². The van der Waals surface area contributed by atoms with Gasteiger partial charge in [-0.1, -0.05) is 72.8 Å². The van der Waals surface area contributed by atoms with Gasteiger partial charge in [0.15, 0.2) is 0 Å². The molecule has 2 N–H and O–H groups in total. The van der Waals surface area contributed by atoms with Crippen LogP contribution in [-0.4, -0.2) is 53.0 Å². The van der Waals surface area contributed by atoms with E-state index in [2.05, 4.69) is 10.6 Å². The van der Waals surface area contributed by atoms with E-state index in [4.69, 9.17) is 27.9 Å². The lowest BCUT2D eigenvalue weighted by Gasteiger charge is -2.34. The first-order valence-corrected chi connectivity index (χ1v) is 14.4.